The second kappa shape index (κ2) is 5.19. The molecule has 1 aromatic rings. The van der Waals surface area contributed by atoms with Crippen LogP contribution in [0.2, 0.25) is 5.02 Å². The van der Waals surface area contributed by atoms with Crippen molar-refractivity contribution in [2.45, 2.75) is 38.0 Å². The number of sulfone groups is 1. The molecule has 1 rings (SSSR count). The predicted molar refractivity (Wildman–Crippen MR) is 76.8 cm³/mol. The molecule has 0 heterocycles. The summed E-state index contributed by atoms with van der Waals surface area (Å²) >= 11 is 6.13. The first-order valence-electron chi connectivity index (χ1n) is 5.76. The lowest BCUT2D eigenvalue weighted by Gasteiger charge is -2.30. The Morgan fingerprint density at radius 1 is 1.39 bits per heavy atom. The van der Waals surface area contributed by atoms with Crippen LogP contribution in [-0.2, 0) is 16.3 Å². The molecule has 0 aliphatic heterocycles. The van der Waals surface area contributed by atoms with Crippen LogP contribution in [-0.4, -0.2) is 25.5 Å². The Morgan fingerprint density at radius 2 is 1.94 bits per heavy atom. The van der Waals surface area contributed by atoms with Crippen LogP contribution in [0.4, 0.5) is 0 Å². The highest BCUT2D eigenvalue weighted by molar-refractivity contribution is 7.92. The number of rotatable bonds is 4. The van der Waals surface area contributed by atoms with Crippen molar-refractivity contribution in [1.82, 2.24) is 0 Å². The van der Waals surface area contributed by atoms with Gasteiger partial charge < -0.3 is 5.73 Å². The zero-order chi connectivity index (χ0) is 14.1. The Morgan fingerprint density at radius 3 is 2.39 bits per heavy atom. The third-order valence-corrected chi connectivity index (χ3v) is 6.06. The molecule has 0 amide bonds. The van der Waals surface area contributed by atoms with E-state index in [0.717, 1.165) is 11.1 Å². The molecule has 0 fully saturated rings. The molecule has 0 aliphatic carbocycles. The van der Waals surface area contributed by atoms with Gasteiger partial charge in [-0.1, -0.05) is 23.7 Å². The number of benzene rings is 1. The standard InChI is InChI=1S/C13H20ClNO2S/c1-9-5-6-10(11(14)7-9)8-12(15)13(2,3)18(4,16)17/h5-7,12H,8,15H2,1-4H3. The fourth-order valence-corrected chi connectivity index (χ4v) is 2.52. The Balaban J connectivity index is 2.98. The fourth-order valence-electron chi connectivity index (χ4n) is 1.58. The van der Waals surface area contributed by atoms with E-state index in [4.69, 9.17) is 17.3 Å². The highest BCUT2D eigenvalue weighted by Crippen LogP contribution is 2.25. The molecule has 102 valence electrons. The second-order valence-electron chi connectivity index (χ2n) is 5.28. The average molecular weight is 290 g/mol. The third-order valence-electron chi connectivity index (χ3n) is 3.50. The minimum absolute atomic E-state index is 0.444. The largest absolute Gasteiger partial charge is 0.326 e. The van der Waals surface area contributed by atoms with E-state index in [-0.39, 0.29) is 0 Å². The minimum atomic E-state index is -3.21. The first-order chi connectivity index (χ1) is 8.05. The maximum Gasteiger partial charge on any atom is 0.154 e. The first kappa shape index (κ1) is 15.5. The van der Waals surface area contributed by atoms with Gasteiger partial charge in [0.1, 0.15) is 0 Å². The maximum atomic E-state index is 11.7. The molecule has 0 aromatic heterocycles. The Labute approximate surface area is 114 Å². The molecule has 0 spiro atoms. The summed E-state index contributed by atoms with van der Waals surface area (Å²) in [5.74, 6) is 0. The molecule has 18 heavy (non-hydrogen) atoms. The molecule has 1 unspecified atom stereocenters. The Hall–Kier alpha value is -0.580. The Bertz CT molecular complexity index is 538. The van der Waals surface area contributed by atoms with Gasteiger partial charge in [-0.2, -0.15) is 0 Å². The van der Waals surface area contributed by atoms with E-state index in [2.05, 4.69) is 0 Å². The number of hydrogen-bond donors (Lipinski definition) is 1. The third kappa shape index (κ3) is 3.25. The fraction of sp³-hybridized carbons (Fsp3) is 0.538. The minimum Gasteiger partial charge on any atom is -0.326 e. The number of nitrogens with two attached hydrogens (primary N) is 1. The molecule has 1 atom stereocenters. The van der Waals surface area contributed by atoms with E-state index in [1.54, 1.807) is 13.8 Å². The van der Waals surface area contributed by atoms with E-state index in [1.807, 2.05) is 25.1 Å². The summed E-state index contributed by atoms with van der Waals surface area (Å²) in [5.41, 5.74) is 7.99. The van der Waals surface area contributed by atoms with Crippen molar-refractivity contribution in [2.75, 3.05) is 6.26 Å². The number of halogens is 1. The zero-order valence-corrected chi connectivity index (χ0v) is 12.8. The molecular formula is C13H20ClNO2S. The van der Waals surface area contributed by atoms with Gasteiger partial charge in [-0.15, -0.1) is 0 Å². The number of hydrogen-bond acceptors (Lipinski definition) is 3. The topological polar surface area (TPSA) is 60.2 Å². The summed E-state index contributed by atoms with van der Waals surface area (Å²) in [5, 5.41) is 0.634. The number of aryl methyl sites for hydroxylation is 1. The molecule has 3 nitrogen and oxygen atoms in total. The van der Waals surface area contributed by atoms with Crippen LogP contribution < -0.4 is 5.73 Å². The summed E-state index contributed by atoms with van der Waals surface area (Å²) in [6.45, 7) is 5.25. The van der Waals surface area contributed by atoms with Crippen LogP contribution in [0, 0.1) is 6.92 Å². The van der Waals surface area contributed by atoms with Crippen LogP contribution in [0.3, 0.4) is 0 Å². The highest BCUT2D eigenvalue weighted by atomic mass is 35.5. The summed E-state index contributed by atoms with van der Waals surface area (Å²) < 4.78 is 22.5. The highest BCUT2D eigenvalue weighted by Gasteiger charge is 2.36. The van der Waals surface area contributed by atoms with E-state index in [0.29, 0.717) is 11.4 Å². The van der Waals surface area contributed by atoms with Crippen molar-refractivity contribution in [3.63, 3.8) is 0 Å². The summed E-state index contributed by atoms with van der Waals surface area (Å²) in [6, 6.07) is 5.21. The molecule has 1 aromatic carbocycles. The van der Waals surface area contributed by atoms with E-state index >= 15 is 0 Å². The molecule has 0 saturated heterocycles. The molecule has 5 heteroatoms. The lowest BCUT2D eigenvalue weighted by atomic mass is 9.96. The van der Waals surface area contributed by atoms with Crippen molar-refractivity contribution >= 4 is 21.4 Å². The van der Waals surface area contributed by atoms with Crippen molar-refractivity contribution in [1.29, 1.82) is 0 Å². The molecule has 0 bridgehead atoms. The quantitative estimate of drug-likeness (QED) is 0.925. The molecule has 0 aliphatic rings. The monoisotopic (exact) mass is 289 g/mol. The summed E-state index contributed by atoms with van der Waals surface area (Å²) in [4.78, 5) is 0. The van der Waals surface area contributed by atoms with E-state index < -0.39 is 20.6 Å². The van der Waals surface area contributed by atoms with Gasteiger partial charge in [-0.25, -0.2) is 8.42 Å². The molecular weight excluding hydrogens is 270 g/mol. The normalized spacial score (nSPS) is 14.6. The van der Waals surface area contributed by atoms with Gasteiger partial charge in [0.2, 0.25) is 0 Å². The Kier molecular flexibility index (Phi) is 4.47. The van der Waals surface area contributed by atoms with Gasteiger partial charge in [0.25, 0.3) is 0 Å². The van der Waals surface area contributed by atoms with Gasteiger partial charge >= 0.3 is 0 Å². The lowest BCUT2D eigenvalue weighted by molar-refractivity contribution is 0.482. The van der Waals surface area contributed by atoms with Crippen LogP contribution in [0.5, 0.6) is 0 Å². The predicted octanol–water partition coefficient (Wildman–Crippen LogP) is 2.34. The SMILES string of the molecule is Cc1ccc(CC(N)C(C)(C)S(C)(=O)=O)c(Cl)c1. The van der Waals surface area contributed by atoms with Crippen molar-refractivity contribution in [3.8, 4) is 0 Å². The van der Waals surface area contributed by atoms with E-state index in [1.165, 1.54) is 6.26 Å². The van der Waals surface area contributed by atoms with Crippen LogP contribution in [0.15, 0.2) is 18.2 Å². The average Bonchev–Trinajstić information content (AvgIpc) is 2.20. The van der Waals surface area contributed by atoms with Crippen LogP contribution in [0.1, 0.15) is 25.0 Å². The smallest absolute Gasteiger partial charge is 0.154 e. The van der Waals surface area contributed by atoms with Crippen LogP contribution in [0.25, 0.3) is 0 Å². The maximum absolute atomic E-state index is 11.7. The molecule has 0 saturated carbocycles. The van der Waals surface area contributed by atoms with E-state index in [9.17, 15) is 8.42 Å². The van der Waals surface area contributed by atoms with Gasteiger partial charge in [0, 0.05) is 17.3 Å². The zero-order valence-electron chi connectivity index (χ0n) is 11.2. The second-order valence-corrected chi connectivity index (χ2v) is 8.28. The lowest BCUT2D eigenvalue weighted by Crippen LogP contribution is -2.50. The van der Waals surface area contributed by atoms with Crippen LogP contribution >= 0.6 is 11.6 Å². The van der Waals surface area contributed by atoms with Gasteiger partial charge in [-0.05, 0) is 44.4 Å². The summed E-state index contributed by atoms with van der Waals surface area (Å²) in [7, 11) is -3.21. The van der Waals surface area contributed by atoms with Crippen molar-refractivity contribution in [3.05, 3.63) is 34.3 Å². The summed E-state index contributed by atoms with van der Waals surface area (Å²) in [6.07, 6.45) is 1.66. The van der Waals surface area contributed by atoms with Gasteiger partial charge in [0.15, 0.2) is 9.84 Å². The first-order valence-corrected chi connectivity index (χ1v) is 8.03. The molecule has 0 radical (unpaired) electrons. The van der Waals surface area contributed by atoms with Gasteiger partial charge in [-0.3, -0.25) is 0 Å². The van der Waals surface area contributed by atoms with Crippen molar-refractivity contribution < 1.29 is 8.42 Å². The van der Waals surface area contributed by atoms with Crippen molar-refractivity contribution in [2.24, 2.45) is 5.73 Å². The molecule has 2 N–H and O–H groups in total. The van der Waals surface area contributed by atoms with Gasteiger partial charge in [0.05, 0.1) is 4.75 Å².